The Kier molecular flexibility index (Phi) is 3.47. The van der Waals surface area contributed by atoms with Crippen LogP contribution in [0.3, 0.4) is 0 Å². The summed E-state index contributed by atoms with van der Waals surface area (Å²) in [5.41, 5.74) is 2.06. The van der Waals surface area contributed by atoms with E-state index in [0.717, 1.165) is 21.3 Å². The molecule has 2 atom stereocenters. The number of fused-ring (bicyclic) bond motifs is 1. The summed E-state index contributed by atoms with van der Waals surface area (Å²) in [6.07, 6.45) is 0.588. The van der Waals surface area contributed by atoms with Crippen molar-refractivity contribution in [1.29, 1.82) is 0 Å². The maximum atomic E-state index is 11.1. The fourth-order valence-electron chi connectivity index (χ4n) is 2.67. The average molecular weight is 328 g/mol. The molecule has 0 radical (unpaired) electrons. The Hall–Kier alpha value is -1.11. The number of halogens is 1. The van der Waals surface area contributed by atoms with E-state index in [-0.39, 0.29) is 18.8 Å². The van der Waals surface area contributed by atoms with Gasteiger partial charge in [0, 0.05) is 22.6 Å². The molecule has 2 N–H and O–H groups in total. The monoisotopic (exact) mass is 327 g/mol. The predicted octanol–water partition coefficient (Wildman–Crippen LogP) is 2.05. The van der Waals surface area contributed by atoms with Crippen LogP contribution in [0.15, 0.2) is 16.6 Å². The summed E-state index contributed by atoms with van der Waals surface area (Å²) in [7, 11) is 0. The normalized spacial score (nSPS) is 25.7. The highest BCUT2D eigenvalue weighted by atomic mass is 79.9. The summed E-state index contributed by atoms with van der Waals surface area (Å²) >= 11 is 3.54. The molecule has 19 heavy (non-hydrogen) atoms. The van der Waals surface area contributed by atoms with E-state index < -0.39 is 5.97 Å². The molecule has 3 rings (SSSR count). The fourth-order valence-corrected chi connectivity index (χ4v) is 3.32. The summed E-state index contributed by atoms with van der Waals surface area (Å²) < 4.78 is 11.8. The van der Waals surface area contributed by atoms with Gasteiger partial charge in [-0.1, -0.05) is 15.9 Å². The third-order valence-corrected chi connectivity index (χ3v) is 4.33. The summed E-state index contributed by atoms with van der Waals surface area (Å²) in [5, 5.41) is 12.4. The molecule has 1 aromatic rings. The van der Waals surface area contributed by atoms with Crippen LogP contribution in [0.2, 0.25) is 0 Å². The molecule has 0 aromatic heterocycles. The van der Waals surface area contributed by atoms with Crippen molar-refractivity contribution in [1.82, 2.24) is 5.32 Å². The quantitative estimate of drug-likeness (QED) is 0.870. The summed E-state index contributed by atoms with van der Waals surface area (Å²) in [6, 6.07) is 3.88. The molecular weight excluding hydrogens is 314 g/mol. The Labute approximate surface area is 119 Å². The van der Waals surface area contributed by atoms with E-state index in [2.05, 4.69) is 21.2 Å². The number of carbonyl (C=O) groups is 1. The van der Waals surface area contributed by atoms with Crippen LogP contribution in [-0.2, 0) is 16.1 Å². The van der Waals surface area contributed by atoms with E-state index in [0.29, 0.717) is 19.6 Å². The zero-order valence-electron chi connectivity index (χ0n) is 10.2. The number of rotatable bonds is 2. The first-order valence-corrected chi connectivity index (χ1v) is 6.94. The smallest absolute Gasteiger partial charge is 0.307 e. The molecule has 6 heteroatoms. The number of hydrogen-bond donors (Lipinski definition) is 2. The van der Waals surface area contributed by atoms with Gasteiger partial charge in [0.05, 0.1) is 12.5 Å². The highest BCUT2D eigenvalue weighted by Gasteiger charge is 2.33. The SMILES string of the molecule is O=C(O)C1CNC(c2c(Br)ccc3c2COCO3)C1. The molecule has 1 fully saturated rings. The third-order valence-electron chi connectivity index (χ3n) is 3.63. The van der Waals surface area contributed by atoms with E-state index in [4.69, 9.17) is 14.6 Å². The lowest BCUT2D eigenvalue weighted by Gasteiger charge is -2.24. The minimum absolute atomic E-state index is 0.0238. The molecule has 0 spiro atoms. The van der Waals surface area contributed by atoms with Gasteiger partial charge in [-0.25, -0.2) is 0 Å². The number of aliphatic carboxylic acids is 1. The first-order chi connectivity index (χ1) is 9.16. The van der Waals surface area contributed by atoms with Gasteiger partial charge in [-0.15, -0.1) is 0 Å². The highest BCUT2D eigenvalue weighted by molar-refractivity contribution is 9.10. The van der Waals surface area contributed by atoms with Crippen LogP contribution in [0.5, 0.6) is 5.75 Å². The lowest BCUT2D eigenvalue weighted by Crippen LogP contribution is -2.20. The molecule has 0 bridgehead atoms. The second kappa shape index (κ2) is 5.11. The standard InChI is InChI=1S/C13H14BrNO4/c14-9-1-2-11-8(5-18-6-19-11)12(9)10-3-7(4-15-10)13(16)17/h1-2,7,10,15H,3-6H2,(H,16,17). The second-order valence-corrected chi connectivity index (χ2v) is 5.63. The van der Waals surface area contributed by atoms with Crippen molar-refractivity contribution in [2.24, 2.45) is 5.92 Å². The zero-order chi connectivity index (χ0) is 13.4. The van der Waals surface area contributed by atoms with Crippen LogP contribution >= 0.6 is 15.9 Å². The van der Waals surface area contributed by atoms with Crippen molar-refractivity contribution in [3.8, 4) is 5.75 Å². The molecule has 1 aromatic carbocycles. The van der Waals surface area contributed by atoms with E-state index in [1.165, 1.54) is 0 Å². The molecule has 2 aliphatic rings. The predicted molar refractivity (Wildman–Crippen MR) is 70.9 cm³/mol. The Morgan fingerprint density at radius 2 is 2.32 bits per heavy atom. The van der Waals surface area contributed by atoms with Crippen LogP contribution in [0, 0.1) is 5.92 Å². The average Bonchev–Trinajstić information content (AvgIpc) is 2.88. The Balaban J connectivity index is 1.94. The van der Waals surface area contributed by atoms with Gasteiger partial charge in [0.1, 0.15) is 5.75 Å². The van der Waals surface area contributed by atoms with Gasteiger partial charge in [0.25, 0.3) is 0 Å². The Morgan fingerprint density at radius 3 is 3.05 bits per heavy atom. The van der Waals surface area contributed by atoms with Crippen molar-refractivity contribution in [2.45, 2.75) is 19.1 Å². The third kappa shape index (κ3) is 2.35. The maximum Gasteiger partial charge on any atom is 0.307 e. The molecule has 2 heterocycles. The van der Waals surface area contributed by atoms with Gasteiger partial charge < -0.3 is 19.9 Å². The van der Waals surface area contributed by atoms with Crippen molar-refractivity contribution >= 4 is 21.9 Å². The van der Waals surface area contributed by atoms with E-state index in [9.17, 15) is 4.79 Å². The Bertz CT molecular complexity index is 520. The lowest BCUT2D eigenvalue weighted by molar-refractivity contribution is -0.141. The molecule has 2 aliphatic heterocycles. The van der Waals surface area contributed by atoms with Crippen LogP contribution in [0.25, 0.3) is 0 Å². The van der Waals surface area contributed by atoms with Gasteiger partial charge in [0.15, 0.2) is 6.79 Å². The van der Waals surface area contributed by atoms with Crippen LogP contribution in [0.4, 0.5) is 0 Å². The Morgan fingerprint density at radius 1 is 1.47 bits per heavy atom. The maximum absolute atomic E-state index is 11.1. The molecular formula is C13H14BrNO4. The zero-order valence-corrected chi connectivity index (χ0v) is 11.8. The molecule has 102 valence electrons. The number of nitrogens with one attached hydrogen (secondary N) is 1. The number of ether oxygens (including phenoxy) is 2. The van der Waals surface area contributed by atoms with Crippen LogP contribution < -0.4 is 10.1 Å². The lowest BCUT2D eigenvalue weighted by atomic mass is 9.95. The van der Waals surface area contributed by atoms with Gasteiger partial charge in [-0.3, -0.25) is 4.79 Å². The summed E-state index contributed by atoms with van der Waals surface area (Å²) in [5.74, 6) is -0.258. The number of carboxylic acids is 1. The van der Waals surface area contributed by atoms with E-state index in [1.54, 1.807) is 0 Å². The van der Waals surface area contributed by atoms with Crippen molar-refractivity contribution in [2.75, 3.05) is 13.3 Å². The highest BCUT2D eigenvalue weighted by Crippen LogP contribution is 2.39. The van der Waals surface area contributed by atoms with Crippen LogP contribution in [0.1, 0.15) is 23.6 Å². The molecule has 0 aliphatic carbocycles. The van der Waals surface area contributed by atoms with Gasteiger partial charge in [-0.05, 0) is 24.1 Å². The molecule has 0 amide bonds. The van der Waals surface area contributed by atoms with Crippen molar-refractivity contribution in [3.05, 3.63) is 27.7 Å². The van der Waals surface area contributed by atoms with E-state index >= 15 is 0 Å². The van der Waals surface area contributed by atoms with Gasteiger partial charge in [-0.2, -0.15) is 0 Å². The number of carboxylic acid groups (broad SMARTS) is 1. The van der Waals surface area contributed by atoms with Crippen LogP contribution in [-0.4, -0.2) is 24.4 Å². The topological polar surface area (TPSA) is 67.8 Å². The van der Waals surface area contributed by atoms with Gasteiger partial charge in [0.2, 0.25) is 0 Å². The molecule has 1 saturated heterocycles. The number of benzene rings is 1. The summed E-state index contributed by atoms with van der Waals surface area (Å²) in [6.45, 7) is 1.27. The second-order valence-electron chi connectivity index (χ2n) is 4.78. The number of hydrogen-bond acceptors (Lipinski definition) is 4. The molecule has 0 saturated carbocycles. The summed E-state index contributed by atoms with van der Waals surface area (Å²) in [4.78, 5) is 11.1. The van der Waals surface area contributed by atoms with Gasteiger partial charge >= 0.3 is 5.97 Å². The molecule has 5 nitrogen and oxygen atoms in total. The first-order valence-electron chi connectivity index (χ1n) is 6.15. The first kappa shape index (κ1) is 12.9. The largest absolute Gasteiger partial charge is 0.481 e. The minimum atomic E-state index is -0.747. The molecule has 2 unspecified atom stereocenters. The van der Waals surface area contributed by atoms with Crippen molar-refractivity contribution < 1.29 is 19.4 Å². The van der Waals surface area contributed by atoms with Crippen molar-refractivity contribution in [3.63, 3.8) is 0 Å². The minimum Gasteiger partial charge on any atom is -0.481 e. The fraction of sp³-hybridized carbons (Fsp3) is 0.462. The van der Waals surface area contributed by atoms with E-state index in [1.807, 2.05) is 12.1 Å².